The lowest BCUT2D eigenvalue weighted by Crippen LogP contribution is -2.54. The summed E-state index contributed by atoms with van der Waals surface area (Å²) in [6.07, 6.45) is 3.83. The smallest absolute Gasteiger partial charge is 0.240 e. The van der Waals surface area contributed by atoms with Crippen LogP contribution in [0.5, 0.6) is 11.5 Å². The van der Waals surface area contributed by atoms with Gasteiger partial charge in [0.15, 0.2) is 5.78 Å². The summed E-state index contributed by atoms with van der Waals surface area (Å²) in [4.78, 5) is 56.9. The van der Waals surface area contributed by atoms with Gasteiger partial charge in [-0.1, -0.05) is 59.1 Å². The van der Waals surface area contributed by atoms with Crippen molar-refractivity contribution >= 4 is 61.5 Å². The number of carbonyl (C=O) groups excluding carboxylic acids is 3. The molecule has 1 N–H and O–H groups in total. The number of ether oxygens (including phenoxy) is 3. The summed E-state index contributed by atoms with van der Waals surface area (Å²) in [5.41, 5.74) is 0.929. The van der Waals surface area contributed by atoms with E-state index < -0.39 is 38.7 Å². The molecule has 326 valence electrons. The summed E-state index contributed by atoms with van der Waals surface area (Å²) in [7, 11) is -3.79. The highest BCUT2D eigenvalue weighted by Crippen LogP contribution is 2.58. The number of nitrogens with zero attached hydrogens (tertiary/aromatic N) is 4. The van der Waals surface area contributed by atoms with Crippen LogP contribution in [0.3, 0.4) is 0 Å². The molecule has 2 saturated carbocycles. The third-order valence-corrected chi connectivity index (χ3v) is 16.8. The van der Waals surface area contributed by atoms with Gasteiger partial charge < -0.3 is 19.1 Å². The van der Waals surface area contributed by atoms with Crippen molar-refractivity contribution in [3.63, 3.8) is 0 Å². The highest BCUT2D eigenvalue weighted by Gasteiger charge is 2.62. The maximum Gasteiger partial charge on any atom is 0.240 e. The van der Waals surface area contributed by atoms with Gasteiger partial charge in [0.1, 0.15) is 39.9 Å². The van der Waals surface area contributed by atoms with Crippen LogP contribution in [0.4, 0.5) is 0 Å². The first-order valence-electron chi connectivity index (χ1n) is 21.8. The second-order valence-electron chi connectivity index (χ2n) is 17.9. The number of aromatic nitrogens is 2. The van der Waals surface area contributed by atoms with Crippen molar-refractivity contribution < 1.29 is 37.0 Å². The summed E-state index contributed by atoms with van der Waals surface area (Å²) >= 11 is 8.63. The predicted molar refractivity (Wildman–Crippen MR) is 231 cm³/mol. The molecule has 2 aliphatic carbocycles. The number of sulfonamides is 1. The summed E-state index contributed by atoms with van der Waals surface area (Å²) in [6, 6.07) is 4.40. The lowest BCUT2D eigenvalue weighted by Gasteiger charge is -2.40. The Bertz CT molecular complexity index is 2230. The number of rotatable bonds is 17. The van der Waals surface area contributed by atoms with Crippen molar-refractivity contribution in [2.75, 3.05) is 39.5 Å². The largest absolute Gasteiger partial charge is 0.491 e. The molecule has 3 aromatic rings. The van der Waals surface area contributed by atoms with Crippen LogP contribution >= 0.6 is 22.9 Å². The molecule has 0 bridgehead atoms. The first kappa shape index (κ1) is 43.3. The van der Waals surface area contributed by atoms with Gasteiger partial charge in [-0.15, -0.1) is 11.3 Å². The quantitative estimate of drug-likeness (QED) is 0.149. The van der Waals surface area contributed by atoms with Crippen LogP contribution < -0.4 is 14.2 Å². The van der Waals surface area contributed by atoms with E-state index in [1.54, 1.807) is 4.90 Å². The molecule has 1 aromatic carbocycles. The zero-order chi connectivity index (χ0) is 42.5. The molecule has 5 aliphatic rings. The van der Waals surface area contributed by atoms with Crippen molar-refractivity contribution in [2.45, 2.75) is 122 Å². The molecule has 5 fully saturated rings. The Morgan fingerprint density at radius 3 is 2.52 bits per heavy atom. The Balaban J connectivity index is 1.11. The van der Waals surface area contributed by atoms with E-state index in [2.05, 4.69) is 37.3 Å². The number of pyridine rings is 1. The molecule has 2 aromatic heterocycles. The Labute approximate surface area is 362 Å². The Hall–Kier alpha value is -3.37. The molecule has 0 spiro atoms. The summed E-state index contributed by atoms with van der Waals surface area (Å²) in [5.74, 6) is 0.126. The van der Waals surface area contributed by atoms with Crippen LogP contribution in [0.15, 0.2) is 23.6 Å². The number of amides is 2. The topological polar surface area (TPSA) is 157 Å². The Morgan fingerprint density at radius 1 is 1.08 bits per heavy atom. The number of hydrogen-bond donors (Lipinski definition) is 1. The Morgan fingerprint density at radius 2 is 1.85 bits per heavy atom. The fraction of sp³-hybridized carbons (Fsp3) is 0.659. The predicted octanol–water partition coefficient (Wildman–Crippen LogP) is 7.00. The number of halogens is 1. The van der Waals surface area contributed by atoms with Gasteiger partial charge in [0.25, 0.3) is 0 Å². The summed E-state index contributed by atoms with van der Waals surface area (Å²) < 4.78 is 46.8. The standard InChI is InChI=1S/C44H58ClN5O8S2/c1-6-26(5)29-10-12-33-38(21-34(50(33)42(29)52)35(51)23-44(22-27(44)7-2)43(53)48-60(54,55)28-8-9-28)58-37-20-31(41-47-32(24-59-41)25(3)4)46-40-30(37)11-13-36(39(40)45)57-19-16-49-14-17-56-18-15-49/h11,13,20,24-29,33-34,38H,6-10,12,14-19,21-23H2,1-5H3,(H,48,53)/t26-,27+,29+,33+,34-,38+,44+/m0/s1. The minimum atomic E-state index is -3.79. The minimum Gasteiger partial charge on any atom is -0.491 e. The second-order valence-corrected chi connectivity index (χ2v) is 21.1. The van der Waals surface area contributed by atoms with Crippen LogP contribution in [0.2, 0.25) is 5.02 Å². The van der Waals surface area contributed by atoms with E-state index in [1.807, 2.05) is 30.5 Å². The van der Waals surface area contributed by atoms with E-state index in [1.165, 1.54) is 11.3 Å². The van der Waals surface area contributed by atoms with E-state index in [9.17, 15) is 22.8 Å². The van der Waals surface area contributed by atoms with Crippen LogP contribution in [0.25, 0.3) is 21.6 Å². The van der Waals surface area contributed by atoms with Crippen LogP contribution in [-0.2, 0) is 29.1 Å². The number of nitrogens with one attached hydrogen (secondary N) is 1. The number of Topliss-reactive ketones (excluding diaryl/α,β-unsaturated/α-hetero) is 1. The van der Waals surface area contributed by atoms with Crippen molar-refractivity contribution in [3.05, 3.63) is 34.3 Å². The van der Waals surface area contributed by atoms with Gasteiger partial charge in [0.2, 0.25) is 21.8 Å². The fourth-order valence-electron chi connectivity index (χ4n) is 9.51. The summed E-state index contributed by atoms with van der Waals surface area (Å²) in [5, 5.41) is 3.21. The third kappa shape index (κ3) is 8.54. The number of morpholine rings is 1. The van der Waals surface area contributed by atoms with Gasteiger partial charge in [0.05, 0.1) is 47.2 Å². The number of piperidine rings is 1. The average Bonchev–Trinajstić information content (AvgIpc) is 4.13. The molecule has 3 saturated heterocycles. The minimum absolute atomic E-state index is 0.0612. The highest BCUT2D eigenvalue weighted by atomic mass is 35.5. The molecule has 0 radical (unpaired) electrons. The molecule has 16 heteroatoms. The molecule has 8 rings (SSSR count). The van der Waals surface area contributed by atoms with Crippen LogP contribution in [0, 0.1) is 23.2 Å². The molecular formula is C44H58ClN5O8S2. The van der Waals surface area contributed by atoms with Crippen LogP contribution in [-0.4, -0.2) is 109 Å². The van der Waals surface area contributed by atoms with Crippen molar-refractivity contribution in [3.8, 4) is 22.2 Å². The highest BCUT2D eigenvalue weighted by molar-refractivity contribution is 7.90. The molecule has 2 amide bonds. The Kier molecular flexibility index (Phi) is 12.6. The van der Waals surface area contributed by atoms with Gasteiger partial charge in [-0.2, -0.15) is 0 Å². The zero-order valence-corrected chi connectivity index (χ0v) is 37.7. The number of benzene rings is 1. The van der Waals surface area contributed by atoms with E-state index >= 15 is 0 Å². The van der Waals surface area contributed by atoms with E-state index in [0.29, 0.717) is 96.5 Å². The molecule has 7 atom stereocenters. The number of ketones is 1. The first-order chi connectivity index (χ1) is 28.7. The number of fused-ring (bicyclic) bond motifs is 2. The summed E-state index contributed by atoms with van der Waals surface area (Å²) in [6.45, 7) is 14.6. The van der Waals surface area contributed by atoms with Gasteiger partial charge in [-0.05, 0) is 62.0 Å². The van der Waals surface area contributed by atoms with Gasteiger partial charge in [-0.3, -0.25) is 24.0 Å². The second kappa shape index (κ2) is 17.4. The maximum absolute atomic E-state index is 14.7. The third-order valence-electron chi connectivity index (χ3n) is 13.7. The molecule has 60 heavy (non-hydrogen) atoms. The van der Waals surface area contributed by atoms with Crippen LogP contribution in [0.1, 0.15) is 104 Å². The molecule has 0 unspecified atom stereocenters. The van der Waals surface area contributed by atoms with Gasteiger partial charge in [0, 0.05) is 55.2 Å². The molecule has 5 heterocycles. The average molecular weight is 885 g/mol. The van der Waals surface area contributed by atoms with Crippen molar-refractivity contribution in [1.82, 2.24) is 24.5 Å². The molecule has 13 nitrogen and oxygen atoms in total. The zero-order valence-electron chi connectivity index (χ0n) is 35.3. The number of hydrogen-bond acceptors (Lipinski definition) is 12. The van der Waals surface area contributed by atoms with Gasteiger partial charge >= 0.3 is 0 Å². The van der Waals surface area contributed by atoms with E-state index in [4.69, 9.17) is 35.8 Å². The van der Waals surface area contributed by atoms with Crippen molar-refractivity contribution in [1.29, 1.82) is 0 Å². The SMILES string of the molecule is CC[C@@H]1C[C@]1(CC(=O)[C@@H]1C[C@@H](Oc2cc(-c3nc(C(C)C)cs3)nc3c(Cl)c(OCCN4CCOCC4)ccc23)[C@H]2CC[C@H]([C@@H](C)CC)C(=O)N21)C(=O)NS(=O)(=O)C1CC1. The number of carbonyl (C=O) groups is 3. The molecular weight excluding hydrogens is 826 g/mol. The fourth-order valence-corrected chi connectivity index (χ4v) is 12.1. The van der Waals surface area contributed by atoms with Gasteiger partial charge in [-0.25, -0.2) is 18.4 Å². The van der Waals surface area contributed by atoms with Crippen molar-refractivity contribution in [2.24, 2.45) is 23.2 Å². The lowest BCUT2D eigenvalue weighted by atomic mass is 9.81. The monoisotopic (exact) mass is 883 g/mol. The maximum atomic E-state index is 14.7. The lowest BCUT2D eigenvalue weighted by molar-refractivity contribution is -0.149. The van der Waals surface area contributed by atoms with E-state index in [-0.39, 0.29) is 54.2 Å². The van der Waals surface area contributed by atoms with E-state index in [0.717, 1.165) is 31.7 Å². The number of thiazole rings is 1. The first-order valence-corrected chi connectivity index (χ1v) is 24.6. The molecule has 3 aliphatic heterocycles. The normalized spacial score (nSPS) is 27.6.